The summed E-state index contributed by atoms with van der Waals surface area (Å²) in [7, 11) is 0. The van der Waals surface area contributed by atoms with E-state index in [0.29, 0.717) is 17.1 Å². The van der Waals surface area contributed by atoms with Crippen molar-refractivity contribution < 1.29 is 9.90 Å². The van der Waals surface area contributed by atoms with Crippen molar-refractivity contribution in [2.24, 2.45) is 0 Å². The molecular weight excluding hydrogens is 200 g/mol. The van der Waals surface area contributed by atoms with E-state index < -0.39 is 5.97 Å². The zero-order valence-corrected chi connectivity index (χ0v) is 9.15. The minimum absolute atomic E-state index is 0.346. The van der Waals surface area contributed by atoms with E-state index in [1.807, 2.05) is 0 Å². The van der Waals surface area contributed by atoms with Gasteiger partial charge in [-0.2, -0.15) is 0 Å². The van der Waals surface area contributed by atoms with Gasteiger partial charge in [0.2, 0.25) is 0 Å². The summed E-state index contributed by atoms with van der Waals surface area (Å²) in [6.07, 6.45) is 1.07. The number of carboxylic acid groups (broad SMARTS) is 1. The lowest BCUT2D eigenvalue weighted by Gasteiger charge is -1.97. The van der Waals surface area contributed by atoms with Gasteiger partial charge in [-0.25, -0.2) is 9.78 Å². The van der Waals surface area contributed by atoms with Crippen LogP contribution in [0.1, 0.15) is 33.7 Å². The van der Waals surface area contributed by atoms with Crippen LogP contribution in [0.2, 0.25) is 0 Å². The molecular formula is C9H14N2O2S. The van der Waals surface area contributed by atoms with Crippen LogP contribution in [0.25, 0.3) is 0 Å². The maximum Gasteiger partial charge on any atom is 0.347 e. The number of nitrogens with one attached hydrogen (secondary N) is 1. The number of aromatic carboxylic acids is 1. The van der Waals surface area contributed by atoms with E-state index in [4.69, 9.17) is 5.11 Å². The summed E-state index contributed by atoms with van der Waals surface area (Å²) >= 11 is 1.24. The van der Waals surface area contributed by atoms with E-state index in [1.54, 1.807) is 6.92 Å². The highest BCUT2D eigenvalue weighted by Gasteiger charge is 2.12. The first-order chi connectivity index (χ1) is 6.65. The summed E-state index contributed by atoms with van der Waals surface area (Å²) in [5.74, 6) is -0.887. The molecule has 1 aromatic rings. The van der Waals surface area contributed by atoms with Gasteiger partial charge in [0.25, 0.3) is 0 Å². The smallest absolute Gasteiger partial charge is 0.347 e. The highest BCUT2D eigenvalue weighted by Crippen LogP contribution is 2.17. The van der Waals surface area contributed by atoms with E-state index in [1.165, 1.54) is 11.3 Å². The van der Waals surface area contributed by atoms with Crippen molar-refractivity contribution in [3.8, 4) is 0 Å². The standard InChI is InChI=1S/C9H14N2O2S/c1-3-4-10-5-7-11-6(2)8(14-7)9(12)13/h10H,3-5H2,1-2H3,(H,12,13). The number of thiazole rings is 1. The summed E-state index contributed by atoms with van der Waals surface area (Å²) < 4.78 is 0. The molecule has 0 radical (unpaired) electrons. The number of rotatable bonds is 5. The van der Waals surface area contributed by atoms with Crippen LogP contribution in [0.15, 0.2) is 0 Å². The molecule has 0 saturated carbocycles. The average molecular weight is 214 g/mol. The fraction of sp³-hybridized carbons (Fsp3) is 0.556. The maximum atomic E-state index is 10.7. The Morgan fingerprint density at radius 2 is 2.36 bits per heavy atom. The Labute approximate surface area is 87.0 Å². The largest absolute Gasteiger partial charge is 0.477 e. The molecule has 0 amide bonds. The Morgan fingerprint density at radius 3 is 2.86 bits per heavy atom. The SMILES string of the molecule is CCCNCc1nc(C)c(C(=O)O)s1. The first-order valence-corrected chi connectivity index (χ1v) is 5.37. The van der Waals surface area contributed by atoms with Gasteiger partial charge in [0.05, 0.1) is 5.69 Å². The first-order valence-electron chi connectivity index (χ1n) is 4.55. The van der Waals surface area contributed by atoms with Gasteiger partial charge in [-0.1, -0.05) is 6.92 Å². The third kappa shape index (κ3) is 2.78. The van der Waals surface area contributed by atoms with Crippen molar-refractivity contribution in [2.45, 2.75) is 26.8 Å². The third-order valence-corrected chi connectivity index (χ3v) is 2.88. The molecule has 5 heteroatoms. The van der Waals surface area contributed by atoms with Crippen LogP contribution in [-0.4, -0.2) is 22.6 Å². The number of carbonyl (C=O) groups is 1. The summed E-state index contributed by atoms with van der Waals surface area (Å²) in [5.41, 5.74) is 0.607. The second-order valence-electron chi connectivity index (χ2n) is 3.00. The zero-order valence-electron chi connectivity index (χ0n) is 8.33. The van der Waals surface area contributed by atoms with Gasteiger partial charge in [-0.3, -0.25) is 0 Å². The van der Waals surface area contributed by atoms with Gasteiger partial charge in [-0.05, 0) is 19.9 Å². The van der Waals surface area contributed by atoms with Gasteiger partial charge < -0.3 is 10.4 Å². The molecule has 0 aliphatic carbocycles. The lowest BCUT2D eigenvalue weighted by molar-refractivity contribution is 0.0701. The van der Waals surface area contributed by atoms with Crippen LogP contribution < -0.4 is 5.32 Å². The summed E-state index contributed by atoms with van der Waals surface area (Å²) in [5, 5.41) is 12.8. The molecule has 0 aliphatic heterocycles. The van der Waals surface area contributed by atoms with Crippen LogP contribution in [0, 0.1) is 6.92 Å². The molecule has 1 heterocycles. The lowest BCUT2D eigenvalue weighted by Crippen LogP contribution is -2.13. The van der Waals surface area contributed by atoms with Crippen LogP contribution in [0.4, 0.5) is 0 Å². The Balaban J connectivity index is 2.62. The second kappa shape index (κ2) is 5.07. The Hall–Kier alpha value is -0.940. The molecule has 2 N–H and O–H groups in total. The molecule has 0 bridgehead atoms. The second-order valence-corrected chi connectivity index (χ2v) is 4.09. The summed E-state index contributed by atoms with van der Waals surface area (Å²) in [4.78, 5) is 15.2. The van der Waals surface area contributed by atoms with E-state index in [9.17, 15) is 4.79 Å². The van der Waals surface area contributed by atoms with Crippen molar-refractivity contribution in [3.05, 3.63) is 15.6 Å². The average Bonchev–Trinajstić information content (AvgIpc) is 2.47. The quantitative estimate of drug-likeness (QED) is 0.732. The van der Waals surface area contributed by atoms with E-state index in [0.717, 1.165) is 18.0 Å². The molecule has 1 rings (SSSR count). The van der Waals surface area contributed by atoms with E-state index in [2.05, 4.69) is 17.2 Å². The van der Waals surface area contributed by atoms with Crippen molar-refractivity contribution in [1.29, 1.82) is 0 Å². The van der Waals surface area contributed by atoms with Gasteiger partial charge in [-0.15, -0.1) is 11.3 Å². The minimum Gasteiger partial charge on any atom is -0.477 e. The molecule has 0 spiro atoms. The fourth-order valence-electron chi connectivity index (χ4n) is 1.10. The molecule has 14 heavy (non-hydrogen) atoms. The van der Waals surface area contributed by atoms with E-state index >= 15 is 0 Å². The van der Waals surface area contributed by atoms with Gasteiger partial charge in [0, 0.05) is 6.54 Å². The van der Waals surface area contributed by atoms with Crippen LogP contribution in [0.5, 0.6) is 0 Å². The lowest BCUT2D eigenvalue weighted by atomic mass is 10.4. The van der Waals surface area contributed by atoms with Crippen molar-refractivity contribution >= 4 is 17.3 Å². The molecule has 0 unspecified atom stereocenters. The molecule has 0 saturated heterocycles. The van der Waals surface area contributed by atoms with E-state index in [-0.39, 0.29) is 0 Å². The number of carboxylic acids is 1. The Bertz CT molecular complexity index is 323. The Kier molecular flexibility index (Phi) is 4.03. The highest BCUT2D eigenvalue weighted by atomic mass is 32.1. The molecule has 0 atom stereocenters. The predicted octanol–water partition coefficient (Wildman–Crippen LogP) is 1.65. The summed E-state index contributed by atoms with van der Waals surface area (Å²) in [6, 6.07) is 0. The molecule has 0 aromatic carbocycles. The minimum atomic E-state index is -0.887. The van der Waals surface area contributed by atoms with Gasteiger partial charge >= 0.3 is 5.97 Å². The maximum absolute atomic E-state index is 10.7. The van der Waals surface area contributed by atoms with Crippen molar-refractivity contribution in [2.75, 3.05) is 6.54 Å². The fourth-order valence-corrected chi connectivity index (χ4v) is 1.97. The predicted molar refractivity (Wildman–Crippen MR) is 55.8 cm³/mol. The zero-order chi connectivity index (χ0) is 10.6. The number of hydrogen-bond acceptors (Lipinski definition) is 4. The van der Waals surface area contributed by atoms with Crippen LogP contribution in [-0.2, 0) is 6.54 Å². The van der Waals surface area contributed by atoms with Crippen molar-refractivity contribution in [1.82, 2.24) is 10.3 Å². The van der Waals surface area contributed by atoms with Gasteiger partial charge in [0.1, 0.15) is 9.88 Å². The highest BCUT2D eigenvalue weighted by molar-refractivity contribution is 7.13. The number of nitrogens with zero attached hydrogens (tertiary/aromatic N) is 1. The topological polar surface area (TPSA) is 62.2 Å². The Morgan fingerprint density at radius 1 is 1.64 bits per heavy atom. The van der Waals surface area contributed by atoms with Crippen LogP contribution >= 0.6 is 11.3 Å². The normalized spacial score (nSPS) is 10.4. The van der Waals surface area contributed by atoms with Gasteiger partial charge in [0.15, 0.2) is 0 Å². The molecule has 0 aliphatic rings. The number of hydrogen-bond donors (Lipinski definition) is 2. The summed E-state index contributed by atoms with van der Waals surface area (Å²) in [6.45, 7) is 5.40. The molecule has 1 aromatic heterocycles. The number of aryl methyl sites for hydroxylation is 1. The monoisotopic (exact) mass is 214 g/mol. The van der Waals surface area contributed by atoms with Crippen LogP contribution in [0.3, 0.4) is 0 Å². The molecule has 78 valence electrons. The number of aromatic nitrogens is 1. The molecule has 0 fully saturated rings. The molecule has 4 nitrogen and oxygen atoms in total. The first kappa shape index (κ1) is 11.1. The third-order valence-electron chi connectivity index (χ3n) is 1.74. The van der Waals surface area contributed by atoms with Crippen molar-refractivity contribution in [3.63, 3.8) is 0 Å².